The second-order valence-electron chi connectivity index (χ2n) is 2.30. The molecule has 1 aromatic rings. The summed E-state index contributed by atoms with van der Waals surface area (Å²) in [5.41, 5.74) is -2.42. The Morgan fingerprint density at radius 1 is 1.36 bits per heavy atom. The molecule has 5 nitrogen and oxygen atoms in total. The number of halogens is 2. The molecule has 7 heteroatoms. The Hall–Kier alpha value is -2.05. The fraction of sp³-hybridized carbons (Fsp3) is 0. The molecule has 0 heterocycles. The van der Waals surface area contributed by atoms with Gasteiger partial charge in [-0.25, -0.2) is 4.39 Å². The normalized spacial score (nSPS) is 9.86. The van der Waals surface area contributed by atoms with E-state index < -0.39 is 33.8 Å². The number of nitrogens with zero attached hydrogens (tertiary/aromatic N) is 1. The predicted molar refractivity (Wildman–Crippen MR) is 37.3 cm³/mol. The van der Waals surface area contributed by atoms with E-state index in [1.807, 2.05) is 0 Å². The van der Waals surface area contributed by atoms with Crippen LogP contribution in [-0.2, 0) is 0 Å². The first-order chi connectivity index (χ1) is 6.45. The molecule has 0 N–H and O–H groups in total. The minimum Gasteiger partial charge on any atom is -0.545 e. The van der Waals surface area contributed by atoms with Crippen LogP contribution in [-0.4, -0.2) is 10.9 Å². The highest BCUT2D eigenvalue weighted by Gasteiger charge is 2.24. The summed E-state index contributed by atoms with van der Waals surface area (Å²) in [5.74, 6) is -5.23. The van der Waals surface area contributed by atoms with E-state index in [1.165, 1.54) is 0 Å². The Bertz CT molecular complexity index is 418. The van der Waals surface area contributed by atoms with Gasteiger partial charge in [0.2, 0.25) is 5.82 Å². The third-order valence-electron chi connectivity index (χ3n) is 1.47. The van der Waals surface area contributed by atoms with Gasteiger partial charge in [-0.2, -0.15) is 4.39 Å². The highest BCUT2D eigenvalue weighted by Crippen LogP contribution is 2.24. The monoisotopic (exact) mass is 202 g/mol. The topological polar surface area (TPSA) is 83.3 Å². The maximum atomic E-state index is 12.8. The Morgan fingerprint density at radius 3 is 2.36 bits per heavy atom. The number of nitro groups is 1. The molecular formula is C7H2F2NO4-. The van der Waals surface area contributed by atoms with Gasteiger partial charge in [0.05, 0.1) is 16.5 Å². The SMILES string of the molecule is O=C([O-])c1ccc(F)c(F)c1[N+](=O)[O-]. The van der Waals surface area contributed by atoms with Crippen LogP contribution in [0.25, 0.3) is 0 Å². The third-order valence-corrected chi connectivity index (χ3v) is 1.47. The third kappa shape index (κ3) is 1.51. The van der Waals surface area contributed by atoms with Crippen LogP contribution in [0.2, 0.25) is 0 Å². The number of carbonyl (C=O) groups is 1. The van der Waals surface area contributed by atoms with Gasteiger partial charge in [0.15, 0.2) is 5.82 Å². The number of nitro benzene ring substituents is 1. The lowest BCUT2D eigenvalue weighted by molar-refractivity contribution is -0.388. The molecule has 0 saturated carbocycles. The number of carbonyl (C=O) groups excluding carboxylic acids is 1. The fourth-order valence-electron chi connectivity index (χ4n) is 0.883. The Kier molecular flexibility index (Phi) is 2.41. The van der Waals surface area contributed by atoms with E-state index in [0.717, 1.165) is 0 Å². The van der Waals surface area contributed by atoms with Crippen LogP contribution in [0.1, 0.15) is 10.4 Å². The summed E-state index contributed by atoms with van der Waals surface area (Å²) in [7, 11) is 0. The molecule has 0 aliphatic rings. The molecule has 0 aliphatic carbocycles. The van der Waals surface area contributed by atoms with Crippen LogP contribution in [0.5, 0.6) is 0 Å². The van der Waals surface area contributed by atoms with Gasteiger partial charge in [0, 0.05) is 0 Å². The summed E-state index contributed by atoms with van der Waals surface area (Å²) in [6, 6.07) is 1.05. The van der Waals surface area contributed by atoms with Crippen LogP contribution in [0, 0.1) is 21.7 Å². The van der Waals surface area contributed by atoms with Crippen molar-refractivity contribution in [2.24, 2.45) is 0 Å². The van der Waals surface area contributed by atoms with E-state index in [9.17, 15) is 28.8 Å². The summed E-state index contributed by atoms with van der Waals surface area (Å²) >= 11 is 0. The summed E-state index contributed by atoms with van der Waals surface area (Å²) in [6.07, 6.45) is 0. The first-order valence-electron chi connectivity index (χ1n) is 3.29. The van der Waals surface area contributed by atoms with Crippen molar-refractivity contribution in [3.05, 3.63) is 39.4 Å². The van der Waals surface area contributed by atoms with Gasteiger partial charge in [-0.1, -0.05) is 0 Å². The van der Waals surface area contributed by atoms with E-state index in [2.05, 4.69) is 0 Å². The second kappa shape index (κ2) is 3.36. The first-order valence-corrected chi connectivity index (χ1v) is 3.29. The van der Waals surface area contributed by atoms with Crippen molar-refractivity contribution >= 4 is 11.7 Å². The molecule has 14 heavy (non-hydrogen) atoms. The van der Waals surface area contributed by atoms with Crippen molar-refractivity contribution in [1.82, 2.24) is 0 Å². The zero-order valence-electron chi connectivity index (χ0n) is 6.49. The number of rotatable bonds is 2. The summed E-state index contributed by atoms with van der Waals surface area (Å²) in [4.78, 5) is 19.2. The van der Waals surface area contributed by atoms with Crippen LogP contribution < -0.4 is 5.11 Å². The molecule has 0 fully saturated rings. The van der Waals surface area contributed by atoms with E-state index in [0.29, 0.717) is 12.1 Å². The van der Waals surface area contributed by atoms with Crippen molar-refractivity contribution in [3.8, 4) is 0 Å². The lowest BCUT2D eigenvalue weighted by atomic mass is 10.1. The largest absolute Gasteiger partial charge is 0.545 e. The fourth-order valence-corrected chi connectivity index (χ4v) is 0.883. The van der Waals surface area contributed by atoms with E-state index >= 15 is 0 Å². The number of benzene rings is 1. The van der Waals surface area contributed by atoms with Gasteiger partial charge in [0.1, 0.15) is 0 Å². The molecule has 0 radical (unpaired) electrons. The lowest BCUT2D eigenvalue weighted by Crippen LogP contribution is -2.24. The molecule has 0 amide bonds. The van der Waals surface area contributed by atoms with Crippen LogP contribution in [0.15, 0.2) is 12.1 Å². The molecule has 1 aromatic carbocycles. The average Bonchev–Trinajstić information content (AvgIpc) is 2.08. The quantitative estimate of drug-likeness (QED) is 0.507. The molecule has 0 atom stereocenters. The Labute approximate surface area is 75.7 Å². The number of hydrogen-bond donors (Lipinski definition) is 0. The van der Waals surface area contributed by atoms with Crippen LogP contribution >= 0.6 is 0 Å². The average molecular weight is 202 g/mol. The molecule has 0 saturated heterocycles. The van der Waals surface area contributed by atoms with Crippen molar-refractivity contribution in [3.63, 3.8) is 0 Å². The maximum Gasteiger partial charge on any atom is 0.316 e. The van der Waals surface area contributed by atoms with Crippen LogP contribution in [0.4, 0.5) is 14.5 Å². The zero-order chi connectivity index (χ0) is 10.9. The number of carboxylic acid groups (broad SMARTS) is 1. The number of hydrogen-bond acceptors (Lipinski definition) is 4. The molecule has 1 rings (SSSR count). The predicted octanol–water partition coefficient (Wildman–Crippen LogP) is 0.236. The standard InChI is InChI=1S/C7H3F2NO4/c8-4-2-1-3(7(11)12)6(5(4)9)10(13)14/h1-2H,(H,11,12)/p-1. The summed E-state index contributed by atoms with van der Waals surface area (Å²) in [6.45, 7) is 0. The zero-order valence-corrected chi connectivity index (χ0v) is 6.49. The lowest BCUT2D eigenvalue weighted by Gasteiger charge is -2.04. The molecule has 0 bridgehead atoms. The van der Waals surface area contributed by atoms with Crippen molar-refractivity contribution in [2.45, 2.75) is 0 Å². The van der Waals surface area contributed by atoms with Crippen molar-refractivity contribution < 1.29 is 23.6 Å². The summed E-state index contributed by atoms with van der Waals surface area (Å²) < 4.78 is 25.3. The van der Waals surface area contributed by atoms with E-state index in [4.69, 9.17) is 0 Å². The van der Waals surface area contributed by atoms with Gasteiger partial charge in [-0.05, 0) is 12.1 Å². The Balaban J connectivity index is 3.53. The highest BCUT2D eigenvalue weighted by molar-refractivity contribution is 5.90. The van der Waals surface area contributed by atoms with Gasteiger partial charge >= 0.3 is 5.69 Å². The summed E-state index contributed by atoms with van der Waals surface area (Å²) in [5, 5.41) is 20.5. The van der Waals surface area contributed by atoms with Gasteiger partial charge in [-0.3, -0.25) is 10.1 Å². The van der Waals surface area contributed by atoms with Crippen molar-refractivity contribution in [1.29, 1.82) is 0 Å². The smallest absolute Gasteiger partial charge is 0.316 e. The molecule has 0 unspecified atom stereocenters. The van der Waals surface area contributed by atoms with Gasteiger partial charge in [-0.15, -0.1) is 0 Å². The van der Waals surface area contributed by atoms with Crippen molar-refractivity contribution in [2.75, 3.05) is 0 Å². The second-order valence-corrected chi connectivity index (χ2v) is 2.30. The van der Waals surface area contributed by atoms with Gasteiger partial charge < -0.3 is 9.90 Å². The molecule has 74 valence electrons. The minimum atomic E-state index is -1.93. The van der Waals surface area contributed by atoms with Crippen LogP contribution in [0.3, 0.4) is 0 Å². The number of carboxylic acids is 1. The number of aromatic carboxylic acids is 1. The van der Waals surface area contributed by atoms with E-state index in [-0.39, 0.29) is 0 Å². The first kappa shape index (κ1) is 10.0. The molecular weight excluding hydrogens is 200 g/mol. The van der Waals surface area contributed by atoms with Gasteiger partial charge in [0.25, 0.3) is 0 Å². The maximum absolute atomic E-state index is 12.8. The molecule has 0 spiro atoms. The minimum absolute atomic E-state index is 0.480. The molecule has 0 aliphatic heterocycles. The Morgan fingerprint density at radius 2 is 1.93 bits per heavy atom. The van der Waals surface area contributed by atoms with E-state index in [1.54, 1.807) is 0 Å². The highest BCUT2D eigenvalue weighted by atomic mass is 19.2. The molecule has 0 aromatic heterocycles.